The summed E-state index contributed by atoms with van der Waals surface area (Å²) >= 11 is 1.45. The molecule has 2 N–H and O–H groups in total. The lowest BCUT2D eigenvalue weighted by Gasteiger charge is -2.21. The van der Waals surface area contributed by atoms with Gasteiger partial charge in [0.2, 0.25) is 5.91 Å². The van der Waals surface area contributed by atoms with E-state index in [2.05, 4.69) is 15.6 Å². The molecule has 31 heavy (non-hydrogen) atoms. The first kappa shape index (κ1) is 21.1. The number of methoxy groups -OCH3 is 1. The molecule has 1 heterocycles. The van der Waals surface area contributed by atoms with Gasteiger partial charge < -0.3 is 10.1 Å². The summed E-state index contributed by atoms with van der Waals surface area (Å²) in [6.07, 6.45) is 2.55. The van der Waals surface area contributed by atoms with Gasteiger partial charge in [-0.15, -0.1) is 11.3 Å². The summed E-state index contributed by atoms with van der Waals surface area (Å²) in [5, 5.41) is 6.47. The van der Waals surface area contributed by atoms with Gasteiger partial charge in [-0.25, -0.2) is 4.98 Å². The lowest BCUT2D eigenvalue weighted by Crippen LogP contribution is -2.25. The molecule has 3 aromatic rings. The van der Waals surface area contributed by atoms with E-state index in [0.717, 1.165) is 46.6 Å². The van der Waals surface area contributed by atoms with Crippen LogP contribution in [0.5, 0.6) is 5.75 Å². The monoisotopic (exact) mass is 435 g/mol. The van der Waals surface area contributed by atoms with Crippen molar-refractivity contribution in [3.05, 3.63) is 69.7 Å². The van der Waals surface area contributed by atoms with Crippen LogP contribution in [-0.2, 0) is 11.2 Å². The zero-order valence-electron chi connectivity index (χ0n) is 17.8. The van der Waals surface area contributed by atoms with Crippen LogP contribution in [-0.4, -0.2) is 23.9 Å². The van der Waals surface area contributed by atoms with Crippen LogP contribution in [0, 0.1) is 13.8 Å². The minimum absolute atomic E-state index is 0.0482. The number of nitrogens with zero attached hydrogens (tertiary/aromatic N) is 1. The van der Waals surface area contributed by atoms with Gasteiger partial charge in [0.05, 0.1) is 18.7 Å². The number of nitrogens with one attached hydrogen (secondary N) is 2. The van der Waals surface area contributed by atoms with E-state index in [1.54, 1.807) is 31.4 Å². The number of carbonyl (C=O) groups excluding carboxylic acids is 2. The van der Waals surface area contributed by atoms with Crippen molar-refractivity contribution in [3.8, 4) is 5.75 Å². The van der Waals surface area contributed by atoms with Crippen LogP contribution in [0.4, 0.5) is 10.8 Å². The summed E-state index contributed by atoms with van der Waals surface area (Å²) in [6.45, 7) is 4.04. The van der Waals surface area contributed by atoms with Crippen molar-refractivity contribution in [2.24, 2.45) is 0 Å². The SMILES string of the molecule is COc1ccc(C(=O)Nc2nc3c(s2)CCCC3C(=O)Nc2cccc(C)c2C)cc1. The highest BCUT2D eigenvalue weighted by atomic mass is 32.1. The number of anilines is 2. The highest BCUT2D eigenvalue weighted by Crippen LogP contribution is 2.37. The predicted molar refractivity (Wildman–Crippen MR) is 123 cm³/mol. The fourth-order valence-electron chi connectivity index (χ4n) is 3.75. The van der Waals surface area contributed by atoms with Crippen molar-refractivity contribution < 1.29 is 14.3 Å². The molecule has 0 fully saturated rings. The Morgan fingerprint density at radius 3 is 2.61 bits per heavy atom. The second-order valence-electron chi connectivity index (χ2n) is 7.69. The zero-order chi connectivity index (χ0) is 22.0. The van der Waals surface area contributed by atoms with E-state index in [4.69, 9.17) is 4.74 Å². The number of rotatable bonds is 5. The highest BCUT2D eigenvalue weighted by molar-refractivity contribution is 7.16. The number of hydrogen-bond donors (Lipinski definition) is 2. The molecule has 0 saturated heterocycles. The maximum Gasteiger partial charge on any atom is 0.257 e. The lowest BCUT2D eigenvalue weighted by atomic mass is 9.90. The second-order valence-corrected chi connectivity index (χ2v) is 8.78. The molecule has 0 spiro atoms. The van der Waals surface area contributed by atoms with Crippen LogP contribution in [0.1, 0.15) is 50.8 Å². The predicted octanol–water partition coefficient (Wildman–Crippen LogP) is 5.08. The summed E-state index contributed by atoms with van der Waals surface area (Å²) in [5.41, 5.74) is 4.35. The molecule has 1 aliphatic carbocycles. The number of carbonyl (C=O) groups is 2. The van der Waals surface area contributed by atoms with Crippen molar-refractivity contribution >= 4 is 34.0 Å². The van der Waals surface area contributed by atoms with Crippen molar-refractivity contribution in [1.82, 2.24) is 4.98 Å². The number of aryl methyl sites for hydroxylation is 2. The summed E-state index contributed by atoms with van der Waals surface area (Å²) < 4.78 is 5.13. The first-order valence-corrected chi connectivity index (χ1v) is 11.1. The Balaban J connectivity index is 1.50. The number of fused-ring (bicyclic) bond motifs is 1. The smallest absolute Gasteiger partial charge is 0.257 e. The fourth-order valence-corrected chi connectivity index (χ4v) is 4.81. The molecule has 7 heteroatoms. The molecule has 2 amide bonds. The van der Waals surface area contributed by atoms with E-state index in [1.165, 1.54) is 11.3 Å². The molecule has 0 saturated carbocycles. The molecule has 1 aromatic heterocycles. The van der Waals surface area contributed by atoms with Crippen LogP contribution < -0.4 is 15.4 Å². The molecule has 6 nitrogen and oxygen atoms in total. The topological polar surface area (TPSA) is 80.3 Å². The summed E-state index contributed by atoms with van der Waals surface area (Å²) in [5.74, 6) is 0.101. The molecule has 1 unspecified atom stereocenters. The van der Waals surface area contributed by atoms with Crippen molar-refractivity contribution in [1.29, 1.82) is 0 Å². The first-order chi connectivity index (χ1) is 15.0. The van der Waals surface area contributed by atoms with E-state index in [0.29, 0.717) is 16.4 Å². The average Bonchev–Trinajstić information content (AvgIpc) is 3.19. The van der Waals surface area contributed by atoms with Gasteiger partial charge in [-0.1, -0.05) is 12.1 Å². The molecule has 0 radical (unpaired) electrons. The van der Waals surface area contributed by atoms with Crippen LogP contribution >= 0.6 is 11.3 Å². The third-order valence-electron chi connectivity index (χ3n) is 5.71. The second kappa shape index (κ2) is 8.89. The van der Waals surface area contributed by atoms with Crippen LogP contribution in [0.2, 0.25) is 0 Å². The van der Waals surface area contributed by atoms with Crippen LogP contribution in [0.25, 0.3) is 0 Å². The van der Waals surface area contributed by atoms with Crippen molar-refractivity contribution in [2.45, 2.75) is 39.0 Å². The normalized spacial score (nSPS) is 15.1. The number of hydrogen-bond acceptors (Lipinski definition) is 5. The van der Waals surface area contributed by atoms with Crippen molar-refractivity contribution in [2.75, 3.05) is 17.7 Å². The molecule has 2 aromatic carbocycles. The van der Waals surface area contributed by atoms with Gasteiger partial charge >= 0.3 is 0 Å². The third-order valence-corrected chi connectivity index (χ3v) is 6.75. The van der Waals surface area contributed by atoms with E-state index in [-0.39, 0.29) is 17.7 Å². The maximum atomic E-state index is 13.1. The van der Waals surface area contributed by atoms with E-state index in [1.807, 2.05) is 32.0 Å². The Kier molecular flexibility index (Phi) is 6.04. The Labute approximate surface area is 185 Å². The van der Waals surface area contributed by atoms with E-state index in [9.17, 15) is 9.59 Å². The Morgan fingerprint density at radius 1 is 1.10 bits per heavy atom. The highest BCUT2D eigenvalue weighted by Gasteiger charge is 2.31. The molecule has 1 atom stereocenters. The molecule has 4 rings (SSSR count). The summed E-state index contributed by atoms with van der Waals surface area (Å²) in [4.78, 5) is 31.4. The summed E-state index contributed by atoms with van der Waals surface area (Å²) in [6, 6.07) is 12.8. The van der Waals surface area contributed by atoms with Gasteiger partial charge in [0, 0.05) is 16.1 Å². The quantitative estimate of drug-likeness (QED) is 0.586. The maximum absolute atomic E-state index is 13.1. The van der Waals surface area contributed by atoms with Gasteiger partial charge in [-0.3, -0.25) is 14.9 Å². The molecular weight excluding hydrogens is 410 g/mol. The Morgan fingerprint density at radius 2 is 1.87 bits per heavy atom. The standard InChI is InChI=1S/C24H25N3O3S/c1-14-6-4-8-19(15(14)2)25-23(29)18-7-5-9-20-21(18)26-24(31-20)27-22(28)16-10-12-17(30-3)13-11-16/h4,6,8,10-13,18H,5,7,9H2,1-3H3,(H,25,29)(H,26,27,28). The van der Waals surface area contributed by atoms with E-state index >= 15 is 0 Å². The van der Waals surface area contributed by atoms with Gasteiger partial charge in [-0.2, -0.15) is 0 Å². The Hall–Kier alpha value is -3.19. The largest absolute Gasteiger partial charge is 0.497 e. The van der Waals surface area contributed by atoms with Gasteiger partial charge in [0.15, 0.2) is 5.13 Å². The van der Waals surface area contributed by atoms with Gasteiger partial charge in [0.1, 0.15) is 5.75 Å². The number of ether oxygens (including phenoxy) is 1. The summed E-state index contributed by atoms with van der Waals surface area (Å²) in [7, 11) is 1.59. The number of benzene rings is 2. The van der Waals surface area contributed by atoms with Gasteiger partial charge in [0.25, 0.3) is 5.91 Å². The number of aromatic nitrogens is 1. The van der Waals surface area contributed by atoms with Crippen LogP contribution in [0.15, 0.2) is 42.5 Å². The Bertz CT molecular complexity index is 1120. The average molecular weight is 436 g/mol. The number of amides is 2. The molecular formula is C24H25N3O3S. The fraction of sp³-hybridized carbons (Fsp3) is 0.292. The third kappa shape index (κ3) is 4.46. The van der Waals surface area contributed by atoms with Gasteiger partial charge in [-0.05, 0) is 74.6 Å². The zero-order valence-corrected chi connectivity index (χ0v) is 18.6. The number of thiazole rings is 1. The minimum atomic E-state index is -0.313. The van der Waals surface area contributed by atoms with Crippen molar-refractivity contribution in [3.63, 3.8) is 0 Å². The molecule has 0 aliphatic heterocycles. The minimum Gasteiger partial charge on any atom is -0.497 e. The molecule has 0 bridgehead atoms. The molecule has 160 valence electrons. The lowest BCUT2D eigenvalue weighted by molar-refractivity contribution is -0.117. The molecule has 1 aliphatic rings. The first-order valence-electron chi connectivity index (χ1n) is 10.3. The van der Waals surface area contributed by atoms with E-state index < -0.39 is 0 Å². The van der Waals surface area contributed by atoms with Crippen LogP contribution in [0.3, 0.4) is 0 Å².